The number of thiazole rings is 1. The van der Waals surface area contributed by atoms with Crippen LogP contribution in [0, 0.1) is 13.8 Å². The minimum atomic E-state index is -1.26. The first-order chi connectivity index (χ1) is 10.5. The minimum Gasteiger partial charge on any atom is -0.379 e. The third-order valence-corrected chi connectivity index (χ3v) is 5.83. The van der Waals surface area contributed by atoms with Gasteiger partial charge in [0.25, 0.3) is 5.91 Å². The van der Waals surface area contributed by atoms with E-state index in [1.807, 2.05) is 38.1 Å². The summed E-state index contributed by atoms with van der Waals surface area (Å²) in [5, 5.41) is 13.6. The van der Waals surface area contributed by atoms with E-state index in [0.717, 1.165) is 21.9 Å². The molecule has 2 heterocycles. The van der Waals surface area contributed by atoms with Crippen LogP contribution in [0.4, 0.5) is 5.13 Å². The number of anilines is 1. The first-order valence-corrected chi connectivity index (χ1v) is 9.11. The number of carbonyl (C=O) groups excluding carboxylic acids is 1. The number of benzene rings is 1. The standard InChI is InChI=1S/C16H18N2O2S2/c1-10-3-5-12(6-4-10)13-11(2)22-15(17-13)18-14(19)16(20)7-8-21-9-16/h3-6,20H,7-9H2,1-2H3,(H,17,18,19). The van der Waals surface area contributed by atoms with Crippen molar-refractivity contribution in [1.29, 1.82) is 0 Å². The number of nitrogens with zero attached hydrogens (tertiary/aromatic N) is 1. The molecule has 0 aliphatic carbocycles. The summed E-state index contributed by atoms with van der Waals surface area (Å²) >= 11 is 3.04. The lowest BCUT2D eigenvalue weighted by molar-refractivity contribution is -0.131. The zero-order chi connectivity index (χ0) is 15.7. The number of aryl methyl sites for hydroxylation is 2. The van der Waals surface area contributed by atoms with Crippen LogP contribution < -0.4 is 5.32 Å². The molecule has 3 rings (SSSR count). The first kappa shape index (κ1) is 15.5. The molecule has 1 aliphatic heterocycles. The van der Waals surface area contributed by atoms with Gasteiger partial charge in [0.15, 0.2) is 10.7 Å². The lowest BCUT2D eigenvalue weighted by atomic mass is 10.0. The average molecular weight is 334 g/mol. The Bertz CT molecular complexity index is 689. The monoisotopic (exact) mass is 334 g/mol. The topological polar surface area (TPSA) is 62.2 Å². The summed E-state index contributed by atoms with van der Waals surface area (Å²) in [6.07, 6.45) is 0.499. The molecule has 1 unspecified atom stereocenters. The molecule has 2 aromatic rings. The Balaban J connectivity index is 1.80. The van der Waals surface area contributed by atoms with Gasteiger partial charge in [-0.2, -0.15) is 11.8 Å². The van der Waals surface area contributed by atoms with Crippen LogP contribution in [0.2, 0.25) is 0 Å². The molecule has 1 aromatic carbocycles. The molecular formula is C16H18N2O2S2. The summed E-state index contributed by atoms with van der Waals surface area (Å²) in [6, 6.07) is 8.16. The van der Waals surface area contributed by atoms with Gasteiger partial charge in [0.1, 0.15) is 0 Å². The number of thioether (sulfide) groups is 1. The van der Waals surface area contributed by atoms with Gasteiger partial charge in [-0.3, -0.25) is 10.1 Å². The normalized spacial score (nSPS) is 21.0. The fourth-order valence-electron chi connectivity index (χ4n) is 2.38. The van der Waals surface area contributed by atoms with E-state index in [1.54, 1.807) is 11.8 Å². The Morgan fingerprint density at radius 1 is 1.32 bits per heavy atom. The second kappa shape index (κ2) is 6.02. The smallest absolute Gasteiger partial charge is 0.259 e. The summed E-state index contributed by atoms with van der Waals surface area (Å²) in [6.45, 7) is 4.03. The van der Waals surface area contributed by atoms with E-state index in [-0.39, 0.29) is 5.91 Å². The molecule has 1 amide bonds. The van der Waals surface area contributed by atoms with Gasteiger partial charge in [0, 0.05) is 16.2 Å². The quantitative estimate of drug-likeness (QED) is 0.904. The lowest BCUT2D eigenvalue weighted by Gasteiger charge is -2.18. The zero-order valence-corrected chi connectivity index (χ0v) is 14.2. The fourth-order valence-corrected chi connectivity index (χ4v) is 4.45. The van der Waals surface area contributed by atoms with Gasteiger partial charge in [-0.25, -0.2) is 4.98 Å². The van der Waals surface area contributed by atoms with Crippen LogP contribution in [0.5, 0.6) is 0 Å². The second-order valence-electron chi connectivity index (χ2n) is 5.58. The maximum Gasteiger partial charge on any atom is 0.259 e. The molecule has 0 bridgehead atoms. The molecule has 4 nitrogen and oxygen atoms in total. The molecule has 6 heteroatoms. The maximum atomic E-state index is 12.2. The van der Waals surface area contributed by atoms with Gasteiger partial charge in [-0.05, 0) is 26.0 Å². The molecular weight excluding hydrogens is 316 g/mol. The van der Waals surface area contributed by atoms with Crippen molar-refractivity contribution in [3.63, 3.8) is 0 Å². The first-order valence-electron chi connectivity index (χ1n) is 7.14. The molecule has 0 radical (unpaired) electrons. The van der Waals surface area contributed by atoms with E-state index >= 15 is 0 Å². The summed E-state index contributed by atoms with van der Waals surface area (Å²) in [5.41, 5.74) is 1.86. The number of hydrogen-bond donors (Lipinski definition) is 2. The number of carbonyl (C=O) groups is 1. The van der Waals surface area contributed by atoms with Crippen LogP contribution in [-0.4, -0.2) is 33.1 Å². The number of rotatable bonds is 3. The third kappa shape index (κ3) is 3.04. The maximum absolute atomic E-state index is 12.2. The van der Waals surface area contributed by atoms with Crippen molar-refractivity contribution in [1.82, 2.24) is 4.98 Å². The molecule has 1 aliphatic rings. The van der Waals surface area contributed by atoms with E-state index in [2.05, 4.69) is 10.3 Å². The van der Waals surface area contributed by atoms with Gasteiger partial charge in [-0.15, -0.1) is 11.3 Å². The largest absolute Gasteiger partial charge is 0.379 e. The molecule has 0 spiro atoms. The molecule has 0 saturated carbocycles. The van der Waals surface area contributed by atoms with Crippen LogP contribution in [0.1, 0.15) is 16.9 Å². The Kier molecular flexibility index (Phi) is 4.25. The SMILES string of the molecule is Cc1ccc(-c2nc(NC(=O)C3(O)CCSC3)sc2C)cc1. The van der Waals surface area contributed by atoms with Crippen LogP contribution in [0.15, 0.2) is 24.3 Å². The number of amides is 1. The molecule has 22 heavy (non-hydrogen) atoms. The number of aliphatic hydroxyl groups is 1. The van der Waals surface area contributed by atoms with E-state index in [0.29, 0.717) is 17.3 Å². The lowest BCUT2D eigenvalue weighted by Crippen LogP contribution is -2.42. The van der Waals surface area contributed by atoms with Gasteiger partial charge in [-0.1, -0.05) is 29.8 Å². The molecule has 1 aromatic heterocycles. The van der Waals surface area contributed by atoms with Gasteiger partial charge in [0.2, 0.25) is 0 Å². The molecule has 1 atom stereocenters. The predicted octanol–water partition coefficient (Wildman–Crippen LogP) is 3.23. The Hall–Kier alpha value is -1.37. The molecule has 1 saturated heterocycles. The summed E-state index contributed by atoms with van der Waals surface area (Å²) < 4.78 is 0. The van der Waals surface area contributed by atoms with Crippen molar-refractivity contribution in [2.45, 2.75) is 25.9 Å². The molecule has 116 valence electrons. The van der Waals surface area contributed by atoms with E-state index in [4.69, 9.17) is 0 Å². The van der Waals surface area contributed by atoms with Crippen LogP contribution >= 0.6 is 23.1 Å². The Morgan fingerprint density at radius 2 is 2.05 bits per heavy atom. The van der Waals surface area contributed by atoms with Crippen molar-refractivity contribution >= 4 is 34.1 Å². The van der Waals surface area contributed by atoms with Gasteiger partial charge in [0.05, 0.1) is 5.69 Å². The van der Waals surface area contributed by atoms with Crippen molar-refractivity contribution in [2.75, 3.05) is 16.8 Å². The third-order valence-electron chi connectivity index (χ3n) is 3.77. The number of hydrogen-bond acceptors (Lipinski definition) is 5. The summed E-state index contributed by atoms with van der Waals surface area (Å²) in [4.78, 5) is 17.8. The van der Waals surface area contributed by atoms with E-state index < -0.39 is 5.60 Å². The fraction of sp³-hybridized carbons (Fsp3) is 0.375. The van der Waals surface area contributed by atoms with Crippen molar-refractivity contribution in [3.05, 3.63) is 34.7 Å². The van der Waals surface area contributed by atoms with Crippen molar-refractivity contribution in [3.8, 4) is 11.3 Å². The second-order valence-corrected chi connectivity index (χ2v) is 7.89. The minimum absolute atomic E-state index is 0.346. The Morgan fingerprint density at radius 3 is 2.68 bits per heavy atom. The highest BCUT2D eigenvalue weighted by Gasteiger charge is 2.39. The van der Waals surface area contributed by atoms with Crippen molar-refractivity contribution in [2.24, 2.45) is 0 Å². The highest BCUT2D eigenvalue weighted by atomic mass is 32.2. The number of nitrogens with one attached hydrogen (secondary N) is 1. The Labute approximate surface area is 138 Å². The van der Waals surface area contributed by atoms with Crippen molar-refractivity contribution < 1.29 is 9.90 Å². The molecule has 1 fully saturated rings. The number of aromatic nitrogens is 1. The van der Waals surface area contributed by atoms with Crippen LogP contribution in [0.3, 0.4) is 0 Å². The summed E-state index contributed by atoms with van der Waals surface area (Å²) in [5.74, 6) is 0.922. The average Bonchev–Trinajstić information content (AvgIpc) is 3.07. The van der Waals surface area contributed by atoms with Gasteiger partial charge >= 0.3 is 0 Å². The summed E-state index contributed by atoms with van der Waals surface area (Å²) in [7, 11) is 0. The molecule has 2 N–H and O–H groups in total. The van der Waals surface area contributed by atoms with Crippen LogP contribution in [0.25, 0.3) is 11.3 Å². The highest BCUT2D eigenvalue weighted by Crippen LogP contribution is 2.33. The highest BCUT2D eigenvalue weighted by molar-refractivity contribution is 7.99. The van der Waals surface area contributed by atoms with Crippen LogP contribution in [-0.2, 0) is 4.79 Å². The zero-order valence-electron chi connectivity index (χ0n) is 12.5. The van der Waals surface area contributed by atoms with Gasteiger partial charge < -0.3 is 5.11 Å². The predicted molar refractivity (Wildman–Crippen MR) is 92.5 cm³/mol. The van der Waals surface area contributed by atoms with E-state index in [9.17, 15) is 9.90 Å². The van der Waals surface area contributed by atoms with E-state index in [1.165, 1.54) is 16.9 Å².